The average Bonchev–Trinajstić information content (AvgIpc) is 3.50. The van der Waals surface area contributed by atoms with Crippen LogP contribution in [0.2, 0.25) is 0 Å². The number of hydrogen-bond donors (Lipinski definition) is 3. The van der Waals surface area contributed by atoms with E-state index in [9.17, 15) is 10.1 Å². The number of aromatic nitrogens is 1. The molecule has 0 aliphatic carbocycles. The van der Waals surface area contributed by atoms with E-state index in [1.807, 2.05) is 36.4 Å². The molecule has 0 radical (unpaired) electrons. The Morgan fingerprint density at radius 1 is 1.08 bits per heavy atom. The van der Waals surface area contributed by atoms with Crippen LogP contribution in [0, 0.1) is 11.3 Å². The molecular formula is C27H29N7O2. The molecule has 5 N–H and O–H groups in total. The van der Waals surface area contributed by atoms with Gasteiger partial charge in [0, 0.05) is 54.4 Å². The number of nitrogens with one attached hydrogen (secondary N) is 1. The molecule has 0 bridgehead atoms. The molecule has 36 heavy (non-hydrogen) atoms. The maximum Gasteiger partial charge on any atom is 0.315 e. The number of nitriles is 1. The van der Waals surface area contributed by atoms with Gasteiger partial charge in [-0.1, -0.05) is 0 Å². The lowest BCUT2D eigenvalue weighted by Gasteiger charge is -2.36. The minimum Gasteiger partial charge on any atom is -0.451 e. The first kappa shape index (κ1) is 23.5. The normalized spacial score (nSPS) is 14.2. The van der Waals surface area contributed by atoms with Crippen molar-refractivity contribution in [2.24, 2.45) is 16.5 Å². The van der Waals surface area contributed by atoms with Crippen molar-refractivity contribution in [1.29, 1.82) is 5.26 Å². The van der Waals surface area contributed by atoms with Gasteiger partial charge in [-0.05, 0) is 73.8 Å². The van der Waals surface area contributed by atoms with Crippen LogP contribution in [-0.2, 0) is 6.42 Å². The molecule has 0 atom stereocenters. The van der Waals surface area contributed by atoms with Gasteiger partial charge in [-0.2, -0.15) is 10.3 Å². The first-order valence-electron chi connectivity index (χ1n) is 12.1. The second-order valence-corrected chi connectivity index (χ2v) is 9.15. The zero-order valence-electron chi connectivity index (χ0n) is 20.0. The standard InChI is InChI=1S/C27H29N7O2/c28-16-18-4-6-23-22(13-18)19(17-31-23)3-1-2-8-33-9-11-34(12-10-33)21-5-7-24-20(14-21)15-25(36-24)26(35)32-27(29)30/h4-7,13-15,17,31H,1-3,8-12H2,(H4,29,30,32,35). The third-order valence-electron chi connectivity index (χ3n) is 6.75. The maximum atomic E-state index is 12.0. The first-order chi connectivity index (χ1) is 17.5. The summed E-state index contributed by atoms with van der Waals surface area (Å²) >= 11 is 0. The number of furan rings is 1. The van der Waals surface area contributed by atoms with Crippen molar-refractivity contribution in [2.45, 2.75) is 19.3 Å². The fourth-order valence-corrected chi connectivity index (χ4v) is 4.84. The summed E-state index contributed by atoms with van der Waals surface area (Å²) in [4.78, 5) is 23.8. The topological polar surface area (TPSA) is 141 Å². The molecule has 2 aromatic carbocycles. The number of piperazine rings is 1. The number of fused-ring (bicyclic) bond motifs is 2. The second kappa shape index (κ2) is 10.1. The highest BCUT2D eigenvalue weighted by Crippen LogP contribution is 2.27. The number of unbranched alkanes of at least 4 members (excludes halogenated alkanes) is 1. The maximum absolute atomic E-state index is 12.0. The Kier molecular flexibility index (Phi) is 6.60. The second-order valence-electron chi connectivity index (χ2n) is 9.15. The summed E-state index contributed by atoms with van der Waals surface area (Å²) in [5.41, 5.74) is 15.4. The number of guanidine groups is 1. The van der Waals surface area contributed by atoms with E-state index in [1.54, 1.807) is 6.07 Å². The van der Waals surface area contributed by atoms with Gasteiger partial charge < -0.3 is 25.8 Å². The van der Waals surface area contributed by atoms with Gasteiger partial charge in [0.15, 0.2) is 11.7 Å². The molecule has 9 heteroatoms. The van der Waals surface area contributed by atoms with Crippen LogP contribution in [0.25, 0.3) is 21.9 Å². The van der Waals surface area contributed by atoms with Crippen LogP contribution in [-0.4, -0.2) is 54.5 Å². The van der Waals surface area contributed by atoms with Crippen molar-refractivity contribution in [3.8, 4) is 6.07 Å². The average molecular weight is 484 g/mol. The number of carbonyl (C=O) groups is 1. The fourth-order valence-electron chi connectivity index (χ4n) is 4.84. The SMILES string of the molecule is N#Cc1ccc2[nH]cc(CCCCN3CCN(c4ccc5oc(C(=O)N=C(N)N)cc5c4)CC3)c2c1. The third-order valence-corrected chi connectivity index (χ3v) is 6.75. The molecule has 1 aliphatic heterocycles. The van der Waals surface area contributed by atoms with E-state index in [-0.39, 0.29) is 11.7 Å². The van der Waals surface area contributed by atoms with Crippen LogP contribution < -0.4 is 16.4 Å². The Bertz CT molecular complexity index is 1460. The number of aliphatic imine (C=N–C) groups is 1. The summed E-state index contributed by atoms with van der Waals surface area (Å²) in [6.45, 7) is 4.99. The van der Waals surface area contributed by atoms with Gasteiger partial charge in [0.1, 0.15) is 5.58 Å². The number of anilines is 1. The number of benzene rings is 2. The monoisotopic (exact) mass is 483 g/mol. The molecule has 2 aromatic heterocycles. The Morgan fingerprint density at radius 2 is 1.92 bits per heavy atom. The molecule has 1 saturated heterocycles. The lowest BCUT2D eigenvalue weighted by molar-refractivity contribution is 0.0978. The first-order valence-corrected chi connectivity index (χ1v) is 12.1. The summed E-state index contributed by atoms with van der Waals surface area (Å²) < 4.78 is 5.60. The molecule has 9 nitrogen and oxygen atoms in total. The molecule has 3 heterocycles. The van der Waals surface area contributed by atoms with Crippen LogP contribution >= 0.6 is 0 Å². The fraction of sp³-hybridized carbons (Fsp3) is 0.296. The lowest BCUT2D eigenvalue weighted by Crippen LogP contribution is -2.46. The summed E-state index contributed by atoms with van der Waals surface area (Å²) in [6, 6.07) is 15.7. The Labute approximate surface area is 209 Å². The van der Waals surface area contributed by atoms with E-state index < -0.39 is 5.91 Å². The number of amides is 1. The van der Waals surface area contributed by atoms with E-state index in [0.29, 0.717) is 11.1 Å². The van der Waals surface area contributed by atoms with E-state index in [0.717, 1.165) is 74.0 Å². The largest absolute Gasteiger partial charge is 0.451 e. The quantitative estimate of drug-likeness (QED) is 0.208. The highest BCUT2D eigenvalue weighted by molar-refractivity contribution is 6.02. The van der Waals surface area contributed by atoms with Crippen molar-refractivity contribution in [3.63, 3.8) is 0 Å². The van der Waals surface area contributed by atoms with Crippen molar-refractivity contribution >= 4 is 39.4 Å². The number of aryl methyl sites for hydroxylation is 1. The number of rotatable bonds is 7. The number of carbonyl (C=O) groups excluding carboxylic acids is 1. The number of nitrogens with two attached hydrogens (primary N) is 2. The molecule has 1 fully saturated rings. The Hall–Kier alpha value is -4.29. The van der Waals surface area contributed by atoms with Crippen LogP contribution in [0.3, 0.4) is 0 Å². The molecule has 1 amide bonds. The predicted molar refractivity (Wildman–Crippen MR) is 141 cm³/mol. The highest BCUT2D eigenvalue weighted by atomic mass is 16.3. The lowest BCUT2D eigenvalue weighted by atomic mass is 10.1. The minimum absolute atomic E-state index is 0.124. The van der Waals surface area contributed by atoms with Crippen LogP contribution in [0.4, 0.5) is 5.69 Å². The molecule has 0 unspecified atom stereocenters. The summed E-state index contributed by atoms with van der Waals surface area (Å²) in [6.07, 6.45) is 5.33. The van der Waals surface area contributed by atoms with E-state index in [2.05, 4.69) is 32.0 Å². The third kappa shape index (κ3) is 5.04. The van der Waals surface area contributed by atoms with Gasteiger partial charge in [0.2, 0.25) is 0 Å². The number of aromatic amines is 1. The van der Waals surface area contributed by atoms with Gasteiger partial charge in [-0.15, -0.1) is 0 Å². The summed E-state index contributed by atoms with van der Waals surface area (Å²) in [5, 5.41) is 11.2. The van der Waals surface area contributed by atoms with Crippen molar-refractivity contribution in [2.75, 3.05) is 37.6 Å². The molecule has 0 saturated carbocycles. The van der Waals surface area contributed by atoms with Gasteiger partial charge in [-0.3, -0.25) is 9.69 Å². The van der Waals surface area contributed by atoms with Crippen LogP contribution in [0.1, 0.15) is 34.5 Å². The van der Waals surface area contributed by atoms with Gasteiger partial charge >= 0.3 is 5.91 Å². The van der Waals surface area contributed by atoms with Gasteiger partial charge in [0.25, 0.3) is 0 Å². The molecule has 184 valence electrons. The molecular weight excluding hydrogens is 454 g/mol. The van der Waals surface area contributed by atoms with Crippen molar-refractivity contribution in [3.05, 3.63) is 65.5 Å². The summed E-state index contributed by atoms with van der Waals surface area (Å²) in [5.74, 6) is -0.748. The molecule has 5 rings (SSSR count). The number of hydrogen-bond acceptors (Lipinski definition) is 5. The smallest absolute Gasteiger partial charge is 0.315 e. The molecule has 1 aliphatic rings. The molecule has 4 aromatic rings. The van der Waals surface area contributed by atoms with E-state index >= 15 is 0 Å². The van der Waals surface area contributed by atoms with E-state index in [4.69, 9.17) is 15.9 Å². The predicted octanol–water partition coefficient (Wildman–Crippen LogP) is 3.34. The van der Waals surface area contributed by atoms with Crippen molar-refractivity contribution < 1.29 is 9.21 Å². The highest BCUT2D eigenvalue weighted by Gasteiger charge is 2.18. The zero-order chi connectivity index (χ0) is 25.1. The van der Waals surface area contributed by atoms with Crippen LogP contribution in [0.15, 0.2) is 58.1 Å². The molecule has 0 spiro atoms. The minimum atomic E-state index is -0.585. The number of nitrogens with zero attached hydrogens (tertiary/aromatic N) is 4. The summed E-state index contributed by atoms with van der Waals surface area (Å²) in [7, 11) is 0. The van der Waals surface area contributed by atoms with Gasteiger partial charge in [0.05, 0.1) is 11.6 Å². The Balaban J connectivity index is 1.11. The number of H-pyrrole nitrogens is 1. The van der Waals surface area contributed by atoms with E-state index in [1.165, 1.54) is 5.56 Å². The van der Waals surface area contributed by atoms with Crippen LogP contribution in [0.5, 0.6) is 0 Å². The Morgan fingerprint density at radius 3 is 2.69 bits per heavy atom. The van der Waals surface area contributed by atoms with Crippen molar-refractivity contribution in [1.82, 2.24) is 9.88 Å². The zero-order valence-corrected chi connectivity index (χ0v) is 20.0. The van der Waals surface area contributed by atoms with Gasteiger partial charge in [-0.25, -0.2) is 0 Å².